The third-order valence-corrected chi connectivity index (χ3v) is 3.91. The van der Waals surface area contributed by atoms with E-state index in [9.17, 15) is 18.0 Å². The van der Waals surface area contributed by atoms with Crippen LogP contribution < -0.4 is 5.73 Å². The molecule has 1 fully saturated rings. The molecule has 1 atom stereocenters. The van der Waals surface area contributed by atoms with Gasteiger partial charge in [-0.3, -0.25) is 4.79 Å². The Balaban J connectivity index is 2.19. The van der Waals surface area contributed by atoms with E-state index in [1.54, 1.807) is 17.2 Å². The first kappa shape index (κ1) is 17.7. The molecule has 4 nitrogen and oxygen atoms in total. The van der Waals surface area contributed by atoms with E-state index in [0.717, 1.165) is 18.4 Å². The molecule has 2 aliphatic rings. The zero-order valence-electron chi connectivity index (χ0n) is 13.6. The third-order valence-electron chi connectivity index (χ3n) is 3.91. The van der Waals surface area contributed by atoms with Gasteiger partial charge in [0.1, 0.15) is 11.8 Å². The molecule has 0 radical (unpaired) electrons. The van der Waals surface area contributed by atoms with Crippen molar-refractivity contribution in [3.8, 4) is 0 Å². The molecule has 1 unspecified atom stereocenters. The quantitative estimate of drug-likeness (QED) is 0.842. The van der Waals surface area contributed by atoms with Gasteiger partial charge in [0.05, 0.1) is 0 Å². The average Bonchev–Trinajstić information content (AvgIpc) is 3.17. The molecule has 1 heterocycles. The van der Waals surface area contributed by atoms with Crippen LogP contribution in [0, 0.1) is 11.3 Å². The number of halogens is 3. The summed E-state index contributed by atoms with van der Waals surface area (Å²) >= 11 is 0. The Labute approximate surface area is 134 Å². The number of carbonyl (C=O) groups is 1. The number of alkyl halides is 3. The second-order valence-corrected chi connectivity index (χ2v) is 7.20. The average molecular weight is 332 g/mol. The first-order valence-electron chi connectivity index (χ1n) is 7.66. The number of carbonyl (C=O) groups excluding carboxylic acids is 1. The number of allylic oxidation sites excluding steroid dienone is 1. The van der Waals surface area contributed by atoms with Crippen LogP contribution >= 0.6 is 0 Å². The van der Waals surface area contributed by atoms with Gasteiger partial charge in [-0.2, -0.15) is 13.2 Å². The number of ether oxygens (including phenoxy) is 1. The third kappa shape index (κ3) is 4.65. The standard InChI is InChI=1S/C16H23F3N2O2/c1-15(2,3)13(14(20)22)21-7-6-12(23-9-16(17,18)19)11(8-21)10-4-5-10/h6,8,10,13H,4-5,7,9H2,1-3H3,(H2,20,22). The highest BCUT2D eigenvalue weighted by Crippen LogP contribution is 2.42. The van der Waals surface area contributed by atoms with Crippen LogP contribution in [0.1, 0.15) is 33.6 Å². The van der Waals surface area contributed by atoms with Crippen molar-refractivity contribution in [2.45, 2.75) is 45.8 Å². The van der Waals surface area contributed by atoms with Gasteiger partial charge in [0.2, 0.25) is 5.91 Å². The molecule has 23 heavy (non-hydrogen) atoms. The Hall–Kier alpha value is -1.66. The van der Waals surface area contributed by atoms with Gasteiger partial charge in [-0.15, -0.1) is 0 Å². The molecule has 0 bridgehead atoms. The van der Waals surface area contributed by atoms with Gasteiger partial charge in [-0.05, 0) is 30.3 Å². The van der Waals surface area contributed by atoms with E-state index < -0.39 is 24.7 Å². The summed E-state index contributed by atoms with van der Waals surface area (Å²) in [5.41, 5.74) is 5.88. The Kier molecular flexibility index (Phi) is 4.69. The summed E-state index contributed by atoms with van der Waals surface area (Å²) in [7, 11) is 0. The largest absolute Gasteiger partial charge is 0.484 e. The maximum absolute atomic E-state index is 12.4. The molecule has 0 aromatic rings. The molecule has 0 aromatic carbocycles. The highest BCUT2D eigenvalue weighted by atomic mass is 19.4. The van der Waals surface area contributed by atoms with Crippen molar-refractivity contribution in [1.82, 2.24) is 4.90 Å². The molecule has 1 saturated carbocycles. The van der Waals surface area contributed by atoms with Crippen molar-refractivity contribution in [2.24, 2.45) is 17.1 Å². The van der Waals surface area contributed by atoms with Gasteiger partial charge in [-0.25, -0.2) is 0 Å². The molecule has 1 aliphatic carbocycles. The Morgan fingerprint density at radius 3 is 2.43 bits per heavy atom. The first-order chi connectivity index (χ1) is 10.5. The first-order valence-corrected chi connectivity index (χ1v) is 7.66. The van der Waals surface area contributed by atoms with Crippen LogP contribution in [0.15, 0.2) is 23.6 Å². The van der Waals surface area contributed by atoms with Crippen LogP contribution in [-0.2, 0) is 9.53 Å². The van der Waals surface area contributed by atoms with Crippen LogP contribution in [0.25, 0.3) is 0 Å². The summed E-state index contributed by atoms with van der Waals surface area (Å²) in [6, 6.07) is -0.531. The maximum atomic E-state index is 12.4. The van der Waals surface area contributed by atoms with E-state index in [-0.39, 0.29) is 17.1 Å². The van der Waals surface area contributed by atoms with Crippen molar-refractivity contribution in [3.05, 3.63) is 23.6 Å². The molecule has 130 valence electrons. The number of rotatable bonds is 5. The minimum absolute atomic E-state index is 0.200. The number of nitrogens with two attached hydrogens (primary N) is 1. The molecular weight excluding hydrogens is 309 g/mol. The van der Waals surface area contributed by atoms with Gasteiger partial charge in [0, 0.05) is 18.3 Å². The Morgan fingerprint density at radius 2 is 2.00 bits per heavy atom. The molecule has 0 saturated heterocycles. The SMILES string of the molecule is CC(C)(C)C(C(N)=O)N1C=C(C2CC2)C(OCC(F)(F)F)=CC1. The van der Waals surface area contributed by atoms with Gasteiger partial charge >= 0.3 is 6.18 Å². The highest BCUT2D eigenvalue weighted by molar-refractivity contribution is 5.81. The van der Waals surface area contributed by atoms with Crippen molar-refractivity contribution in [3.63, 3.8) is 0 Å². The summed E-state index contributed by atoms with van der Waals surface area (Å²) < 4.78 is 42.1. The molecule has 1 amide bonds. The lowest BCUT2D eigenvalue weighted by molar-refractivity contribution is -0.164. The number of amides is 1. The summed E-state index contributed by atoms with van der Waals surface area (Å²) in [5, 5.41) is 0. The summed E-state index contributed by atoms with van der Waals surface area (Å²) in [4.78, 5) is 13.6. The minimum atomic E-state index is -4.37. The van der Waals surface area contributed by atoms with Crippen LogP contribution in [-0.4, -0.2) is 36.2 Å². The zero-order chi connectivity index (χ0) is 17.4. The smallest absolute Gasteiger partial charge is 0.422 e. The second kappa shape index (κ2) is 6.09. The van der Waals surface area contributed by atoms with Gasteiger partial charge in [0.25, 0.3) is 0 Å². The van der Waals surface area contributed by atoms with Crippen molar-refractivity contribution in [2.75, 3.05) is 13.2 Å². The minimum Gasteiger partial charge on any atom is -0.484 e. The molecule has 0 spiro atoms. The van der Waals surface area contributed by atoms with Crippen LogP contribution in [0.5, 0.6) is 0 Å². The number of primary amides is 1. The van der Waals surface area contributed by atoms with E-state index in [4.69, 9.17) is 10.5 Å². The van der Waals surface area contributed by atoms with Crippen molar-refractivity contribution in [1.29, 1.82) is 0 Å². The van der Waals surface area contributed by atoms with Gasteiger partial charge in [-0.1, -0.05) is 20.8 Å². The summed E-state index contributed by atoms with van der Waals surface area (Å²) in [6.07, 6.45) is 0.839. The Bertz CT molecular complexity index is 528. The predicted molar refractivity (Wildman–Crippen MR) is 80.0 cm³/mol. The molecule has 1 aliphatic heterocycles. The Morgan fingerprint density at radius 1 is 1.39 bits per heavy atom. The fourth-order valence-electron chi connectivity index (χ4n) is 2.87. The molecule has 2 N–H and O–H groups in total. The lowest BCUT2D eigenvalue weighted by atomic mass is 9.84. The molecule has 7 heteroatoms. The van der Waals surface area contributed by atoms with E-state index in [0.29, 0.717) is 6.54 Å². The van der Waals surface area contributed by atoms with Gasteiger partial charge in [0.15, 0.2) is 6.61 Å². The number of hydrogen-bond acceptors (Lipinski definition) is 3. The van der Waals surface area contributed by atoms with Crippen molar-refractivity contribution >= 4 is 5.91 Å². The number of nitrogens with zero attached hydrogens (tertiary/aromatic N) is 1. The van der Waals surface area contributed by atoms with Gasteiger partial charge < -0.3 is 15.4 Å². The molecule has 0 aromatic heterocycles. The van der Waals surface area contributed by atoms with E-state index in [1.165, 1.54) is 0 Å². The fourth-order valence-corrected chi connectivity index (χ4v) is 2.87. The number of hydrogen-bond donors (Lipinski definition) is 1. The predicted octanol–water partition coefficient (Wildman–Crippen LogP) is 2.96. The normalized spacial score (nSPS) is 20.7. The molecule has 2 rings (SSSR count). The van der Waals surface area contributed by atoms with Crippen LogP contribution in [0.4, 0.5) is 13.2 Å². The van der Waals surface area contributed by atoms with E-state index in [1.807, 2.05) is 20.8 Å². The lowest BCUT2D eigenvalue weighted by Crippen LogP contribution is -2.51. The monoisotopic (exact) mass is 332 g/mol. The van der Waals surface area contributed by atoms with E-state index >= 15 is 0 Å². The van der Waals surface area contributed by atoms with Crippen LogP contribution in [0.3, 0.4) is 0 Å². The highest BCUT2D eigenvalue weighted by Gasteiger charge is 2.38. The topological polar surface area (TPSA) is 55.6 Å². The zero-order valence-corrected chi connectivity index (χ0v) is 13.6. The van der Waals surface area contributed by atoms with Crippen LogP contribution in [0.2, 0.25) is 0 Å². The summed E-state index contributed by atoms with van der Waals surface area (Å²) in [6.45, 7) is 4.72. The fraction of sp³-hybridized carbons (Fsp3) is 0.688. The molecular formula is C16H23F3N2O2. The summed E-state index contributed by atoms with van der Waals surface area (Å²) in [5.74, 6) is 0.0286. The second-order valence-electron chi connectivity index (χ2n) is 7.20. The maximum Gasteiger partial charge on any atom is 0.422 e. The van der Waals surface area contributed by atoms with E-state index in [2.05, 4.69) is 0 Å². The lowest BCUT2D eigenvalue weighted by Gasteiger charge is -2.39. The van der Waals surface area contributed by atoms with Crippen molar-refractivity contribution < 1.29 is 22.7 Å².